The van der Waals surface area contributed by atoms with Crippen LogP contribution in [0.3, 0.4) is 0 Å². The fourth-order valence-electron chi connectivity index (χ4n) is 4.87. The van der Waals surface area contributed by atoms with Crippen LogP contribution in [0.1, 0.15) is 37.2 Å². The van der Waals surface area contributed by atoms with Crippen LogP contribution in [0.2, 0.25) is 0 Å². The van der Waals surface area contributed by atoms with Crippen LogP contribution in [0.25, 0.3) is 22.4 Å². The summed E-state index contributed by atoms with van der Waals surface area (Å²) in [7, 11) is 0. The molecule has 40 heavy (non-hydrogen) atoms. The van der Waals surface area contributed by atoms with Crippen LogP contribution in [0.4, 0.5) is 23.4 Å². The number of amides is 1. The van der Waals surface area contributed by atoms with E-state index in [0.29, 0.717) is 56.0 Å². The SMILES string of the molecule is CC(C)Cc1nc(N2CCCN(C(=O)Cc3ccc(F)cc3)CC2)c2c(-c3cccc(C(F)(F)F)c3)noc2n1. The zero-order valence-electron chi connectivity index (χ0n) is 22.2. The van der Waals surface area contributed by atoms with Crippen LogP contribution in [0.5, 0.6) is 0 Å². The second-order valence-corrected chi connectivity index (χ2v) is 10.4. The summed E-state index contributed by atoms with van der Waals surface area (Å²) < 4.78 is 59.1. The fraction of sp³-hybridized carbons (Fsp3) is 0.379. The van der Waals surface area contributed by atoms with Crippen molar-refractivity contribution in [1.29, 1.82) is 0 Å². The number of carbonyl (C=O) groups is 1. The monoisotopic (exact) mass is 555 g/mol. The highest BCUT2D eigenvalue weighted by Crippen LogP contribution is 2.37. The van der Waals surface area contributed by atoms with Crippen LogP contribution >= 0.6 is 0 Å². The summed E-state index contributed by atoms with van der Waals surface area (Å²) in [6, 6.07) is 10.8. The molecule has 1 fully saturated rings. The van der Waals surface area contributed by atoms with Gasteiger partial charge in [-0.15, -0.1) is 0 Å². The van der Waals surface area contributed by atoms with Gasteiger partial charge >= 0.3 is 6.18 Å². The highest BCUT2D eigenvalue weighted by molar-refractivity contribution is 5.98. The lowest BCUT2D eigenvalue weighted by molar-refractivity contribution is -0.137. The molecular weight excluding hydrogens is 526 g/mol. The Balaban J connectivity index is 1.47. The summed E-state index contributed by atoms with van der Waals surface area (Å²) in [6.07, 6.45) is -3.10. The van der Waals surface area contributed by atoms with Gasteiger partial charge in [0.25, 0.3) is 5.71 Å². The number of hydrogen-bond donors (Lipinski definition) is 0. The molecular formula is C29H29F4N5O2. The molecule has 11 heteroatoms. The number of rotatable bonds is 6. The van der Waals surface area contributed by atoms with E-state index >= 15 is 0 Å². The Morgan fingerprint density at radius 3 is 2.52 bits per heavy atom. The van der Waals surface area contributed by atoms with Gasteiger partial charge in [-0.05, 0) is 42.2 Å². The molecule has 2 aromatic carbocycles. The molecule has 4 aromatic rings. The van der Waals surface area contributed by atoms with Crippen molar-refractivity contribution < 1.29 is 26.9 Å². The first-order valence-corrected chi connectivity index (χ1v) is 13.2. The van der Waals surface area contributed by atoms with Gasteiger partial charge in [0.1, 0.15) is 28.5 Å². The third-order valence-corrected chi connectivity index (χ3v) is 6.83. The molecule has 3 heterocycles. The number of benzene rings is 2. The summed E-state index contributed by atoms with van der Waals surface area (Å²) in [6.45, 7) is 6.07. The summed E-state index contributed by atoms with van der Waals surface area (Å²) >= 11 is 0. The van der Waals surface area contributed by atoms with Crippen LogP contribution in [0, 0.1) is 11.7 Å². The molecule has 0 atom stereocenters. The molecule has 1 aliphatic heterocycles. The Morgan fingerprint density at radius 2 is 1.80 bits per heavy atom. The maximum Gasteiger partial charge on any atom is 0.416 e. The average molecular weight is 556 g/mol. The second kappa shape index (κ2) is 11.2. The largest absolute Gasteiger partial charge is 0.416 e. The van der Waals surface area contributed by atoms with Crippen molar-refractivity contribution in [2.24, 2.45) is 5.92 Å². The van der Waals surface area contributed by atoms with E-state index in [-0.39, 0.29) is 41.0 Å². The van der Waals surface area contributed by atoms with Gasteiger partial charge in [-0.2, -0.15) is 18.2 Å². The lowest BCUT2D eigenvalue weighted by Gasteiger charge is -2.24. The third-order valence-electron chi connectivity index (χ3n) is 6.83. The van der Waals surface area contributed by atoms with Crippen LogP contribution < -0.4 is 4.90 Å². The summed E-state index contributed by atoms with van der Waals surface area (Å²) in [4.78, 5) is 26.2. The number of aromatic nitrogens is 3. The molecule has 0 spiro atoms. The maximum atomic E-state index is 13.4. The van der Waals surface area contributed by atoms with Gasteiger partial charge < -0.3 is 14.3 Å². The minimum absolute atomic E-state index is 0.0589. The van der Waals surface area contributed by atoms with E-state index in [1.54, 1.807) is 23.1 Å². The van der Waals surface area contributed by atoms with Crippen LogP contribution in [0.15, 0.2) is 53.1 Å². The molecule has 0 N–H and O–H groups in total. The Kier molecular flexibility index (Phi) is 7.73. The number of alkyl halides is 3. The standard InChI is InChI=1S/C29H29F4N5O2/c1-18(2)15-23-34-27(25-26(36-40-28(25)35-23)20-5-3-6-21(17-20)29(31,32)33)38-12-4-11-37(13-14-38)24(39)16-19-7-9-22(30)10-8-19/h3,5-10,17-18H,4,11-16H2,1-2H3. The molecule has 0 radical (unpaired) electrons. The van der Waals surface area contributed by atoms with Crippen LogP contribution in [-0.4, -0.2) is 52.1 Å². The molecule has 0 bridgehead atoms. The number of nitrogens with zero attached hydrogens (tertiary/aromatic N) is 5. The van der Waals surface area contributed by atoms with Gasteiger partial charge in [0.05, 0.1) is 12.0 Å². The predicted octanol–water partition coefficient (Wildman–Crippen LogP) is 5.92. The van der Waals surface area contributed by atoms with E-state index < -0.39 is 11.7 Å². The lowest BCUT2D eigenvalue weighted by atomic mass is 10.1. The summed E-state index contributed by atoms with van der Waals surface area (Å²) in [5.74, 6) is 0.934. The van der Waals surface area contributed by atoms with Crippen molar-refractivity contribution in [2.45, 2.75) is 39.3 Å². The third kappa shape index (κ3) is 6.08. The van der Waals surface area contributed by atoms with Crippen molar-refractivity contribution in [3.63, 3.8) is 0 Å². The average Bonchev–Trinajstić information content (AvgIpc) is 3.17. The molecule has 5 rings (SSSR count). The predicted molar refractivity (Wildman–Crippen MR) is 142 cm³/mol. The zero-order chi connectivity index (χ0) is 28.4. The molecule has 7 nitrogen and oxygen atoms in total. The molecule has 210 valence electrons. The summed E-state index contributed by atoms with van der Waals surface area (Å²) in [5, 5.41) is 4.56. The van der Waals surface area contributed by atoms with Crippen molar-refractivity contribution in [3.05, 3.63) is 71.3 Å². The first-order chi connectivity index (χ1) is 19.1. The molecule has 0 unspecified atom stereocenters. The molecule has 0 aliphatic carbocycles. The minimum atomic E-state index is -4.51. The van der Waals surface area contributed by atoms with Gasteiger partial charge in [0.2, 0.25) is 5.91 Å². The molecule has 0 saturated carbocycles. The van der Waals surface area contributed by atoms with E-state index in [1.165, 1.54) is 18.2 Å². The highest BCUT2D eigenvalue weighted by atomic mass is 19.4. The van der Waals surface area contributed by atoms with E-state index in [0.717, 1.165) is 17.7 Å². The lowest BCUT2D eigenvalue weighted by Crippen LogP contribution is -2.36. The van der Waals surface area contributed by atoms with Gasteiger partial charge in [-0.3, -0.25) is 4.79 Å². The Bertz CT molecular complexity index is 1500. The maximum absolute atomic E-state index is 13.4. The Hall–Kier alpha value is -4.02. The summed E-state index contributed by atoms with van der Waals surface area (Å²) in [5.41, 5.74) is 0.645. The number of anilines is 1. The fourth-order valence-corrected chi connectivity index (χ4v) is 4.87. The first kappa shape index (κ1) is 27.5. The number of fused-ring (bicyclic) bond motifs is 1. The van der Waals surface area contributed by atoms with Gasteiger partial charge in [-0.1, -0.05) is 43.3 Å². The Morgan fingerprint density at radius 1 is 1.02 bits per heavy atom. The smallest absolute Gasteiger partial charge is 0.354 e. The van der Waals surface area contributed by atoms with Crippen molar-refractivity contribution >= 4 is 22.8 Å². The first-order valence-electron chi connectivity index (χ1n) is 13.2. The van der Waals surface area contributed by atoms with Crippen molar-refractivity contribution in [2.75, 3.05) is 31.1 Å². The normalized spacial score (nSPS) is 14.7. The topological polar surface area (TPSA) is 75.4 Å². The van der Waals surface area contributed by atoms with Crippen molar-refractivity contribution in [1.82, 2.24) is 20.0 Å². The number of carbonyl (C=O) groups excluding carboxylic acids is 1. The number of hydrogen-bond acceptors (Lipinski definition) is 6. The van der Waals surface area contributed by atoms with E-state index in [1.807, 2.05) is 18.7 Å². The Labute approximate surface area is 228 Å². The van der Waals surface area contributed by atoms with Gasteiger partial charge in [0.15, 0.2) is 0 Å². The molecule has 2 aromatic heterocycles. The minimum Gasteiger partial charge on any atom is -0.354 e. The van der Waals surface area contributed by atoms with E-state index in [4.69, 9.17) is 9.51 Å². The van der Waals surface area contributed by atoms with E-state index in [9.17, 15) is 22.4 Å². The molecule has 1 amide bonds. The van der Waals surface area contributed by atoms with Gasteiger partial charge in [-0.25, -0.2) is 9.37 Å². The van der Waals surface area contributed by atoms with Crippen LogP contribution in [-0.2, 0) is 23.8 Å². The quantitative estimate of drug-likeness (QED) is 0.275. The highest BCUT2D eigenvalue weighted by Gasteiger charge is 2.32. The zero-order valence-corrected chi connectivity index (χ0v) is 22.2. The van der Waals surface area contributed by atoms with Crippen molar-refractivity contribution in [3.8, 4) is 11.3 Å². The second-order valence-electron chi connectivity index (χ2n) is 10.4. The molecule has 1 saturated heterocycles. The number of halogens is 4. The molecule has 1 aliphatic rings. The van der Waals surface area contributed by atoms with E-state index in [2.05, 4.69) is 10.1 Å². The van der Waals surface area contributed by atoms with Gasteiger partial charge in [0, 0.05) is 38.2 Å².